The number of hydrogen-bond acceptors (Lipinski definition) is 1. The Morgan fingerprint density at radius 3 is 1.56 bits per heavy atom. The second kappa shape index (κ2) is 29.1. The highest BCUT2D eigenvalue weighted by Crippen LogP contribution is 2.41. The molecule has 0 saturated heterocycles. The van der Waals surface area contributed by atoms with E-state index in [2.05, 4.69) is 302 Å². The molecule has 0 aliphatic heterocycles. The van der Waals surface area contributed by atoms with Crippen LogP contribution in [-0.4, -0.2) is 0 Å². The Kier molecular flexibility index (Phi) is 21.1. The third kappa shape index (κ3) is 15.0. The number of nitrogens with zero attached hydrogens (tertiary/aromatic N) is 1. The minimum atomic E-state index is 1.04. The third-order valence-electron chi connectivity index (χ3n) is 13.5. The molecule has 0 bridgehead atoms. The van der Waals surface area contributed by atoms with Crippen LogP contribution in [0.4, 0.5) is 17.1 Å². The fourth-order valence-corrected chi connectivity index (χ4v) is 9.30. The molecule has 0 spiro atoms. The highest BCUT2D eigenvalue weighted by molar-refractivity contribution is 6.16. The lowest BCUT2D eigenvalue weighted by molar-refractivity contribution is 0.960. The van der Waals surface area contributed by atoms with Gasteiger partial charge in [0.25, 0.3) is 0 Å². The summed E-state index contributed by atoms with van der Waals surface area (Å²) in [5.74, 6) is 0. The minimum Gasteiger partial charge on any atom is -0.310 e. The van der Waals surface area contributed by atoms with Crippen LogP contribution < -0.4 is 4.90 Å². The van der Waals surface area contributed by atoms with Crippen molar-refractivity contribution in [2.45, 2.75) is 47.5 Å². The van der Waals surface area contributed by atoms with Crippen molar-refractivity contribution in [1.82, 2.24) is 0 Å². The van der Waals surface area contributed by atoms with Gasteiger partial charge in [0.2, 0.25) is 0 Å². The summed E-state index contributed by atoms with van der Waals surface area (Å²) in [5, 5.41) is 4.87. The molecule has 386 valence electrons. The highest BCUT2D eigenvalue weighted by atomic mass is 15.1. The average Bonchev–Trinajstić information content (AvgIpc) is 3.50. The van der Waals surface area contributed by atoms with Crippen LogP contribution in [0.3, 0.4) is 0 Å². The molecule has 0 fully saturated rings. The second-order valence-electron chi connectivity index (χ2n) is 19.1. The zero-order valence-electron chi connectivity index (χ0n) is 46.2. The van der Waals surface area contributed by atoms with Crippen molar-refractivity contribution in [3.63, 3.8) is 0 Å². The summed E-state index contributed by atoms with van der Waals surface area (Å²) in [6, 6.07) is 60.8. The molecule has 9 rings (SSSR count). The number of unbranched alkanes of at least 4 members (excludes halogenated alkanes) is 1. The van der Waals surface area contributed by atoms with Gasteiger partial charge in [0.15, 0.2) is 0 Å². The monoisotopic (exact) mass is 1010 g/mol. The Labute approximate surface area is 466 Å². The van der Waals surface area contributed by atoms with Crippen molar-refractivity contribution >= 4 is 67.5 Å². The van der Waals surface area contributed by atoms with Crippen molar-refractivity contribution in [2.24, 2.45) is 0 Å². The Balaban J connectivity index is 0.000000256. The van der Waals surface area contributed by atoms with Crippen LogP contribution in [0.25, 0.3) is 61.5 Å². The summed E-state index contributed by atoms with van der Waals surface area (Å²) >= 11 is 0. The van der Waals surface area contributed by atoms with Gasteiger partial charge >= 0.3 is 0 Å². The van der Waals surface area contributed by atoms with Gasteiger partial charge < -0.3 is 4.90 Å². The Bertz CT molecular complexity index is 3610. The molecule has 0 aromatic heterocycles. The summed E-state index contributed by atoms with van der Waals surface area (Å²) in [7, 11) is 0. The molecular formula is C77H73N. The molecule has 1 aliphatic carbocycles. The number of anilines is 3. The van der Waals surface area contributed by atoms with E-state index in [1.165, 1.54) is 89.2 Å². The predicted molar refractivity (Wildman–Crippen MR) is 348 cm³/mol. The normalized spacial score (nSPS) is 14.8. The summed E-state index contributed by atoms with van der Waals surface area (Å²) < 4.78 is 0. The van der Waals surface area contributed by atoms with E-state index in [-0.39, 0.29) is 0 Å². The molecule has 0 saturated carbocycles. The molecule has 0 radical (unpaired) electrons. The largest absolute Gasteiger partial charge is 0.310 e. The average molecular weight is 1010 g/mol. The molecule has 0 N–H and O–H groups in total. The van der Waals surface area contributed by atoms with Crippen molar-refractivity contribution in [1.29, 1.82) is 0 Å². The van der Waals surface area contributed by atoms with Gasteiger partial charge in [-0.1, -0.05) is 299 Å². The van der Waals surface area contributed by atoms with Gasteiger partial charge in [0.05, 0.1) is 0 Å². The van der Waals surface area contributed by atoms with Gasteiger partial charge in [-0.05, 0) is 148 Å². The van der Waals surface area contributed by atoms with Crippen LogP contribution in [0, 0.1) is 13.8 Å². The Hall–Kier alpha value is -9.30. The van der Waals surface area contributed by atoms with Crippen molar-refractivity contribution in [3.05, 3.63) is 338 Å². The summed E-state index contributed by atoms with van der Waals surface area (Å²) in [5.41, 5.74) is 19.0. The maximum atomic E-state index is 4.01. The number of aryl methyl sites for hydroxylation is 2. The summed E-state index contributed by atoms with van der Waals surface area (Å²) in [6.45, 7) is 26.0. The molecule has 1 aliphatic rings. The van der Waals surface area contributed by atoms with E-state index >= 15 is 0 Å². The first kappa shape index (κ1) is 56.4. The van der Waals surface area contributed by atoms with Gasteiger partial charge in [-0.15, -0.1) is 0 Å². The quantitative estimate of drug-likeness (QED) is 0.0775. The van der Waals surface area contributed by atoms with Crippen LogP contribution in [0.1, 0.15) is 72.6 Å². The van der Waals surface area contributed by atoms with E-state index in [4.69, 9.17) is 0 Å². The number of rotatable bonds is 14. The first-order valence-electron chi connectivity index (χ1n) is 27.0. The lowest BCUT2D eigenvalue weighted by Crippen LogP contribution is -2.10. The zero-order valence-corrected chi connectivity index (χ0v) is 46.2. The lowest BCUT2D eigenvalue weighted by Gasteiger charge is -2.27. The van der Waals surface area contributed by atoms with Crippen molar-refractivity contribution in [3.8, 4) is 11.1 Å². The van der Waals surface area contributed by atoms with Gasteiger partial charge in [0.1, 0.15) is 0 Å². The Morgan fingerprint density at radius 1 is 0.462 bits per heavy atom. The van der Waals surface area contributed by atoms with Gasteiger partial charge in [-0.2, -0.15) is 0 Å². The molecule has 0 amide bonds. The Morgan fingerprint density at radius 2 is 0.974 bits per heavy atom. The molecule has 0 unspecified atom stereocenters. The molecular weight excluding hydrogens is 939 g/mol. The number of hydrogen-bond donors (Lipinski definition) is 0. The third-order valence-corrected chi connectivity index (χ3v) is 13.5. The highest BCUT2D eigenvalue weighted by Gasteiger charge is 2.17. The van der Waals surface area contributed by atoms with E-state index in [1.807, 2.05) is 31.2 Å². The molecule has 8 aromatic carbocycles. The fourth-order valence-electron chi connectivity index (χ4n) is 9.30. The lowest BCUT2D eigenvalue weighted by atomic mass is 9.90. The SMILES string of the molecule is C=C/C(=C\CCC)c1ccc(C)cc1.C=C/C=C(\C=C)c1ccc(N(c2ccc(-c3ccccc3)cc2)c2ccc3c4c(c5ccccc5c3c2)/C=C/C=C/C=C(C)\C=C/C=C/4)cc1.C=C/C=C\C(=C/C)c1ccc(C)cc1. The summed E-state index contributed by atoms with van der Waals surface area (Å²) in [4.78, 5) is 2.34. The van der Waals surface area contributed by atoms with E-state index in [0.29, 0.717) is 0 Å². The number of allylic oxidation sites excluding steroid dienone is 20. The smallest absolute Gasteiger partial charge is 0.0468 e. The maximum absolute atomic E-state index is 4.01. The summed E-state index contributed by atoms with van der Waals surface area (Å²) in [6.07, 6.45) is 39.4. The van der Waals surface area contributed by atoms with Gasteiger partial charge in [-0.3, -0.25) is 0 Å². The van der Waals surface area contributed by atoms with Gasteiger partial charge in [0, 0.05) is 17.1 Å². The molecule has 0 atom stereocenters. The topological polar surface area (TPSA) is 3.24 Å². The van der Waals surface area contributed by atoms with E-state index < -0.39 is 0 Å². The second-order valence-corrected chi connectivity index (χ2v) is 19.1. The van der Waals surface area contributed by atoms with Crippen LogP contribution in [0.15, 0.2) is 299 Å². The van der Waals surface area contributed by atoms with Crippen LogP contribution in [-0.2, 0) is 0 Å². The van der Waals surface area contributed by atoms with Crippen LogP contribution in [0.2, 0.25) is 0 Å². The van der Waals surface area contributed by atoms with Crippen molar-refractivity contribution in [2.75, 3.05) is 4.90 Å². The van der Waals surface area contributed by atoms with E-state index in [9.17, 15) is 0 Å². The molecule has 1 heteroatoms. The molecule has 78 heavy (non-hydrogen) atoms. The first-order valence-corrected chi connectivity index (χ1v) is 27.0. The molecule has 8 aromatic rings. The number of benzene rings is 8. The van der Waals surface area contributed by atoms with E-state index in [0.717, 1.165) is 34.6 Å². The van der Waals surface area contributed by atoms with Crippen LogP contribution in [0.5, 0.6) is 0 Å². The molecule has 1 nitrogen and oxygen atoms in total. The predicted octanol–water partition coefficient (Wildman–Crippen LogP) is 22.5. The minimum absolute atomic E-state index is 1.04. The van der Waals surface area contributed by atoms with E-state index in [1.54, 1.807) is 12.2 Å². The molecule has 0 heterocycles. The van der Waals surface area contributed by atoms with Crippen LogP contribution >= 0.6 is 0 Å². The zero-order chi connectivity index (χ0) is 55.1. The standard InChI is InChI=1S/C49H39N.C14H18.C14H16/c1-4-16-37(5-2)39-25-29-41(30-26-39)50(42-31-27-40(28-32-42)38-19-9-7-10-20-38)43-33-34-48-46-22-13-12-18-36(3)17-8-6-11-21-44(46)45-23-14-15-24-47(45)49(48)35-43;2*1-4-6-7-13(5-2)14-10-8-12(3)9-11-14/h4-35H,1-2H2,3H3;5,7-11H,2,4,6H2,1,3H3;4-11H,1H2,2-3H3/b8-6+,11-6?,13-12?,17-8?,18-12-,21-11+,22-13+,36-17-,36-18?,37-16+,44-21?,46-22?;13-7+;7-6-,13-5+. The first-order chi connectivity index (χ1) is 38.2. The van der Waals surface area contributed by atoms with Crippen molar-refractivity contribution < 1.29 is 0 Å². The van der Waals surface area contributed by atoms with Gasteiger partial charge in [-0.25, -0.2) is 0 Å². The maximum Gasteiger partial charge on any atom is 0.0468 e. The number of fused-ring (bicyclic) bond motifs is 6. The fraction of sp³-hybridized carbons (Fsp3) is 0.0909.